The Morgan fingerprint density at radius 3 is 2.77 bits per heavy atom. The van der Waals surface area contributed by atoms with E-state index in [0.29, 0.717) is 0 Å². The number of benzene rings is 1. The van der Waals surface area contributed by atoms with Gasteiger partial charge in [-0.3, -0.25) is 14.4 Å². The molecule has 2 aromatic rings. The van der Waals surface area contributed by atoms with Crippen molar-refractivity contribution in [2.45, 2.75) is 20.0 Å². The van der Waals surface area contributed by atoms with E-state index in [1.54, 1.807) is 19.4 Å². The molecule has 0 unspecified atom stereocenters. The Kier molecular flexibility index (Phi) is 6.07. The number of hydrogen-bond acceptors (Lipinski definition) is 4. The SMILES string of the molecule is CCn1cc(/C=C/C(=O)N2CCN(Cc3cccc(OC)c3)CC2)cn1. The molecule has 1 saturated heterocycles. The van der Waals surface area contributed by atoms with E-state index in [1.165, 1.54) is 5.56 Å². The first-order valence-corrected chi connectivity index (χ1v) is 9.02. The molecule has 0 N–H and O–H groups in total. The molecule has 1 aromatic carbocycles. The number of methoxy groups -OCH3 is 1. The molecule has 0 atom stereocenters. The summed E-state index contributed by atoms with van der Waals surface area (Å²) in [6, 6.07) is 8.14. The van der Waals surface area contributed by atoms with Crippen molar-refractivity contribution >= 4 is 12.0 Å². The summed E-state index contributed by atoms with van der Waals surface area (Å²) in [6.45, 7) is 7.01. The highest BCUT2D eigenvalue weighted by molar-refractivity contribution is 5.91. The van der Waals surface area contributed by atoms with Gasteiger partial charge in [0.05, 0.1) is 13.3 Å². The molecule has 1 amide bonds. The molecular formula is C20H26N4O2. The summed E-state index contributed by atoms with van der Waals surface area (Å²) in [7, 11) is 1.68. The maximum absolute atomic E-state index is 12.4. The van der Waals surface area contributed by atoms with Gasteiger partial charge < -0.3 is 9.64 Å². The molecule has 138 valence electrons. The van der Waals surface area contributed by atoms with Crippen molar-refractivity contribution in [1.29, 1.82) is 0 Å². The minimum absolute atomic E-state index is 0.0651. The van der Waals surface area contributed by atoms with E-state index in [1.807, 2.05) is 40.9 Å². The largest absolute Gasteiger partial charge is 0.497 e. The van der Waals surface area contributed by atoms with Gasteiger partial charge in [-0.15, -0.1) is 0 Å². The van der Waals surface area contributed by atoms with Crippen molar-refractivity contribution in [3.63, 3.8) is 0 Å². The van der Waals surface area contributed by atoms with Gasteiger partial charge in [-0.05, 0) is 30.7 Å². The van der Waals surface area contributed by atoms with Crippen LogP contribution in [0.15, 0.2) is 42.7 Å². The zero-order valence-corrected chi connectivity index (χ0v) is 15.5. The first-order chi connectivity index (χ1) is 12.7. The van der Waals surface area contributed by atoms with Crippen LogP contribution in [0.25, 0.3) is 6.08 Å². The highest BCUT2D eigenvalue weighted by atomic mass is 16.5. The van der Waals surface area contributed by atoms with E-state index >= 15 is 0 Å². The monoisotopic (exact) mass is 354 g/mol. The Balaban J connectivity index is 1.48. The standard InChI is InChI=1S/C20H26N4O2/c1-3-24-16-18(14-21-24)7-8-20(25)23-11-9-22(10-12-23)15-17-5-4-6-19(13-17)26-2/h4-8,13-14,16H,3,9-12,15H2,1-2H3/b8-7+. The van der Waals surface area contributed by atoms with Crippen LogP contribution in [0.3, 0.4) is 0 Å². The predicted molar refractivity (Wildman–Crippen MR) is 102 cm³/mol. The molecule has 6 heteroatoms. The number of piperazine rings is 1. The molecule has 0 radical (unpaired) electrons. The quantitative estimate of drug-likeness (QED) is 0.747. The second-order valence-corrected chi connectivity index (χ2v) is 6.42. The summed E-state index contributed by atoms with van der Waals surface area (Å²) < 4.78 is 7.13. The number of aromatic nitrogens is 2. The van der Waals surface area contributed by atoms with Gasteiger partial charge in [0.1, 0.15) is 5.75 Å². The Labute approximate surface area is 154 Å². The average molecular weight is 354 g/mol. The van der Waals surface area contributed by atoms with Crippen LogP contribution in [0.2, 0.25) is 0 Å². The van der Waals surface area contributed by atoms with Gasteiger partial charge in [0.2, 0.25) is 5.91 Å². The van der Waals surface area contributed by atoms with Gasteiger partial charge in [-0.1, -0.05) is 12.1 Å². The summed E-state index contributed by atoms with van der Waals surface area (Å²) in [5, 5.41) is 4.21. The van der Waals surface area contributed by atoms with E-state index in [9.17, 15) is 4.79 Å². The number of nitrogens with zero attached hydrogens (tertiary/aromatic N) is 4. The molecule has 6 nitrogen and oxygen atoms in total. The molecule has 0 spiro atoms. The van der Waals surface area contributed by atoms with Crippen LogP contribution in [0.5, 0.6) is 5.75 Å². The van der Waals surface area contributed by atoms with Crippen LogP contribution < -0.4 is 4.74 Å². The smallest absolute Gasteiger partial charge is 0.246 e. The van der Waals surface area contributed by atoms with Gasteiger partial charge in [0, 0.05) is 57.1 Å². The average Bonchev–Trinajstić information content (AvgIpc) is 3.15. The molecule has 0 aliphatic carbocycles. The minimum Gasteiger partial charge on any atom is -0.497 e. The summed E-state index contributed by atoms with van der Waals surface area (Å²) >= 11 is 0. The van der Waals surface area contributed by atoms with Gasteiger partial charge in [0.15, 0.2) is 0 Å². The lowest BCUT2D eigenvalue weighted by Crippen LogP contribution is -2.47. The van der Waals surface area contributed by atoms with Crippen LogP contribution >= 0.6 is 0 Å². The highest BCUT2D eigenvalue weighted by Gasteiger charge is 2.19. The lowest BCUT2D eigenvalue weighted by Gasteiger charge is -2.34. The van der Waals surface area contributed by atoms with Gasteiger partial charge >= 0.3 is 0 Å². The maximum Gasteiger partial charge on any atom is 0.246 e. The van der Waals surface area contributed by atoms with Crippen molar-refractivity contribution in [1.82, 2.24) is 19.6 Å². The second-order valence-electron chi connectivity index (χ2n) is 6.42. The molecule has 1 fully saturated rings. The fourth-order valence-electron chi connectivity index (χ4n) is 3.07. The van der Waals surface area contributed by atoms with Crippen LogP contribution in [-0.4, -0.2) is 58.8 Å². The first kappa shape index (κ1) is 18.2. The minimum atomic E-state index is 0.0651. The summed E-state index contributed by atoms with van der Waals surface area (Å²) in [5.41, 5.74) is 2.19. The van der Waals surface area contributed by atoms with Gasteiger partial charge in [-0.25, -0.2) is 0 Å². The van der Waals surface area contributed by atoms with E-state index in [0.717, 1.165) is 50.6 Å². The molecule has 1 aliphatic heterocycles. The summed E-state index contributed by atoms with van der Waals surface area (Å²) in [6.07, 6.45) is 7.20. The Hall–Kier alpha value is -2.60. The Morgan fingerprint density at radius 1 is 1.27 bits per heavy atom. The van der Waals surface area contributed by atoms with Crippen LogP contribution in [0.4, 0.5) is 0 Å². The van der Waals surface area contributed by atoms with Crippen molar-refractivity contribution in [2.24, 2.45) is 0 Å². The van der Waals surface area contributed by atoms with Crippen LogP contribution in [0, 0.1) is 0 Å². The second kappa shape index (κ2) is 8.67. The Bertz CT molecular complexity index is 761. The molecular weight excluding hydrogens is 328 g/mol. The molecule has 0 saturated carbocycles. The fraction of sp³-hybridized carbons (Fsp3) is 0.400. The number of hydrogen-bond donors (Lipinski definition) is 0. The number of carbonyl (C=O) groups is 1. The molecule has 3 rings (SSSR count). The fourth-order valence-corrected chi connectivity index (χ4v) is 3.07. The molecule has 1 aromatic heterocycles. The lowest BCUT2D eigenvalue weighted by molar-refractivity contribution is -0.127. The summed E-state index contributed by atoms with van der Waals surface area (Å²) in [5.74, 6) is 0.947. The maximum atomic E-state index is 12.4. The number of rotatable bonds is 6. The predicted octanol–water partition coefficient (Wildman–Crippen LogP) is 2.27. The van der Waals surface area contributed by atoms with Crippen molar-refractivity contribution in [3.8, 4) is 5.75 Å². The van der Waals surface area contributed by atoms with Crippen molar-refractivity contribution in [3.05, 3.63) is 53.9 Å². The van der Waals surface area contributed by atoms with Gasteiger partial charge in [-0.2, -0.15) is 5.10 Å². The molecule has 0 bridgehead atoms. The topological polar surface area (TPSA) is 50.6 Å². The number of ether oxygens (including phenoxy) is 1. The van der Waals surface area contributed by atoms with Crippen molar-refractivity contribution in [2.75, 3.05) is 33.3 Å². The number of amides is 1. The molecule has 1 aliphatic rings. The van der Waals surface area contributed by atoms with Crippen LogP contribution in [0.1, 0.15) is 18.1 Å². The lowest BCUT2D eigenvalue weighted by atomic mass is 10.2. The Morgan fingerprint density at radius 2 is 2.08 bits per heavy atom. The third-order valence-corrected chi connectivity index (χ3v) is 4.62. The number of carbonyl (C=O) groups excluding carboxylic acids is 1. The van der Waals surface area contributed by atoms with E-state index in [2.05, 4.69) is 22.1 Å². The van der Waals surface area contributed by atoms with Gasteiger partial charge in [0.25, 0.3) is 0 Å². The molecule has 2 heterocycles. The number of aryl methyl sites for hydroxylation is 1. The van der Waals surface area contributed by atoms with E-state index in [4.69, 9.17) is 4.74 Å². The first-order valence-electron chi connectivity index (χ1n) is 9.02. The zero-order valence-electron chi connectivity index (χ0n) is 15.5. The zero-order chi connectivity index (χ0) is 18.4. The van der Waals surface area contributed by atoms with Crippen LogP contribution in [-0.2, 0) is 17.9 Å². The third kappa shape index (κ3) is 4.73. The third-order valence-electron chi connectivity index (χ3n) is 4.62. The highest BCUT2D eigenvalue weighted by Crippen LogP contribution is 2.15. The normalized spacial score (nSPS) is 15.5. The summed E-state index contributed by atoms with van der Waals surface area (Å²) in [4.78, 5) is 16.6. The van der Waals surface area contributed by atoms with E-state index in [-0.39, 0.29) is 5.91 Å². The molecule has 26 heavy (non-hydrogen) atoms. The van der Waals surface area contributed by atoms with Crippen molar-refractivity contribution < 1.29 is 9.53 Å². The van der Waals surface area contributed by atoms with E-state index < -0.39 is 0 Å².